The maximum atomic E-state index is 11.7. The lowest BCUT2D eigenvalue weighted by molar-refractivity contribution is -0.132. The molecule has 0 N–H and O–H groups in total. The predicted octanol–water partition coefficient (Wildman–Crippen LogP) is 1.66. The summed E-state index contributed by atoms with van der Waals surface area (Å²) in [6.07, 6.45) is 3.61. The molecule has 0 bridgehead atoms. The van der Waals surface area contributed by atoms with E-state index in [9.17, 15) is 9.59 Å². The van der Waals surface area contributed by atoms with Gasteiger partial charge in [0.15, 0.2) is 6.61 Å². The van der Waals surface area contributed by atoms with Crippen molar-refractivity contribution in [2.24, 2.45) is 4.99 Å². The van der Waals surface area contributed by atoms with Gasteiger partial charge < -0.3 is 9.64 Å². The zero-order valence-corrected chi connectivity index (χ0v) is 9.96. The molecule has 0 aliphatic carbocycles. The van der Waals surface area contributed by atoms with Gasteiger partial charge in [0, 0.05) is 13.1 Å². The van der Waals surface area contributed by atoms with Gasteiger partial charge in [-0.05, 0) is 37.1 Å². The number of hydrogen-bond acceptors (Lipinski definition) is 4. The van der Waals surface area contributed by atoms with Crippen molar-refractivity contribution in [2.75, 3.05) is 19.7 Å². The topological polar surface area (TPSA) is 59.0 Å². The maximum Gasteiger partial charge on any atom is 0.260 e. The molecular formula is C13H14N2O3. The summed E-state index contributed by atoms with van der Waals surface area (Å²) >= 11 is 0. The van der Waals surface area contributed by atoms with E-state index in [2.05, 4.69) is 4.99 Å². The van der Waals surface area contributed by atoms with Crippen molar-refractivity contribution in [3.63, 3.8) is 0 Å². The molecule has 1 heterocycles. The highest BCUT2D eigenvalue weighted by Gasteiger charge is 2.17. The van der Waals surface area contributed by atoms with Crippen molar-refractivity contribution in [2.45, 2.75) is 12.8 Å². The maximum absolute atomic E-state index is 11.7. The lowest BCUT2D eigenvalue weighted by atomic mass is 10.3. The molecule has 1 saturated heterocycles. The van der Waals surface area contributed by atoms with Gasteiger partial charge in [-0.2, -0.15) is 4.99 Å². The van der Waals surface area contributed by atoms with E-state index in [0.29, 0.717) is 11.4 Å². The number of aliphatic imine (C=N–C) groups is 1. The van der Waals surface area contributed by atoms with Crippen molar-refractivity contribution < 1.29 is 14.3 Å². The second-order valence-electron chi connectivity index (χ2n) is 4.07. The predicted molar refractivity (Wildman–Crippen MR) is 65.5 cm³/mol. The fraction of sp³-hybridized carbons (Fsp3) is 0.385. The van der Waals surface area contributed by atoms with E-state index in [4.69, 9.17) is 4.74 Å². The van der Waals surface area contributed by atoms with Gasteiger partial charge in [0.25, 0.3) is 5.91 Å². The van der Waals surface area contributed by atoms with E-state index in [-0.39, 0.29) is 12.5 Å². The standard InChI is InChI=1S/C13H14N2O3/c16-10-14-11-3-5-12(6-4-11)18-9-13(17)15-7-1-2-8-15/h3-6H,1-2,7-9H2. The Morgan fingerprint density at radius 3 is 2.56 bits per heavy atom. The van der Waals surface area contributed by atoms with Crippen molar-refractivity contribution in [3.05, 3.63) is 24.3 Å². The van der Waals surface area contributed by atoms with Crippen molar-refractivity contribution in [1.29, 1.82) is 0 Å². The number of likely N-dealkylation sites (tertiary alicyclic amines) is 1. The van der Waals surface area contributed by atoms with Crippen LogP contribution < -0.4 is 4.74 Å². The van der Waals surface area contributed by atoms with Crippen LogP contribution in [-0.2, 0) is 9.59 Å². The summed E-state index contributed by atoms with van der Waals surface area (Å²) in [4.78, 5) is 27.0. The van der Waals surface area contributed by atoms with Crippen molar-refractivity contribution in [3.8, 4) is 5.75 Å². The fourth-order valence-corrected chi connectivity index (χ4v) is 1.87. The van der Waals surface area contributed by atoms with Crippen LogP contribution in [0.5, 0.6) is 5.75 Å². The number of amides is 1. The molecule has 1 aliphatic heterocycles. The Hall–Kier alpha value is -2.13. The van der Waals surface area contributed by atoms with E-state index in [1.165, 1.54) is 6.08 Å². The highest BCUT2D eigenvalue weighted by molar-refractivity contribution is 5.78. The molecule has 18 heavy (non-hydrogen) atoms. The quantitative estimate of drug-likeness (QED) is 0.599. The number of carbonyl (C=O) groups excluding carboxylic acids is 2. The van der Waals surface area contributed by atoms with Crippen LogP contribution >= 0.6 is 0 Å². The molecule has 0 aromatic heterocycles. The third kappa shape index (κ3) is 3.18. The van der Waals surface area contributed by atoms with Crippen molar-refractivity contribution >= 4 is 17.7 Å². The Balaban J connectivity index is 1.85. The number of benzene rings is 1. The highest BCUT2D eigenvalue weighted by atomic mass is 16.5. The van der Waals surface area contributed by atoms with Gasteiger partial charge >= 0.3 is 0 Å². The number of nitrogens with zero attached hydrogens (tertiary/aromatic N) is 2. The average molecular weight is 246 g/mol. The minimum absolute atomic E-state index is 0.0162. The molecule has 0 spiro atoms. The summed E-state index contributed by atoms with van der Waals surface area (Å²) in [7, 11) is 0. The van der Waals surface area contributed by atoms with E-state index in [0.717, 1.165) is 25.9 Å². The van der Waals surface area contributed by atoms with Crippen LogP contribution in [0.1, 0.15) is 12.8 Å². The first-order valence-electron chi connectivity index (χ1n) is 5.88. The molecule has 5 heteroatoms. The monoisotopic (exact) mass is 246 g/mol. The summed E-state index contributed by atoms with van der Waals surface area (Å²) in [6, 6.07) is 6.63. The third-order valence-corrected chi connectivity index (χ3v) is 2.83. The normalized spacial score (nSPS) is 14.1. The van der Waals surface area contributed by atoms with E-state index >= 15 is 0 Å². The average Bonchev–Trinajstić information content (AvgIpc) is 2.92. The molecule has 0 saturated carbocycles. The van der Waals surface area contributed by atoms with E-state index < -0.39 is 0 Å². The zero-order chi connectivity index (χ0) is 12.8. The molecule has 94 valence electrons. The summed E-state index contributed by atoms with van der Waals surface area (Å²) < 4.78 is 5.38. The van der Waals surface area contributed by atoms with Gasteiger partial charge in [0.1, 0.15) is 5.75 Å². The van der Waals surface area contributed by atoms with Crippen LogP contribution in [0.25, 0.3) is 0 Å². The molecular weight excluding hydrogens is 232 g/mol. The third-order valence-electron chi connectivity index (χ3n) is 2.83. The first kappa shape index (κ1) is 12.3. The van der Waals surface area contributed by atoms with Crippen LogP contribution in [0.3, 0.4) is 0 Å². The molecule has 1 aliphatic rings. The van der Waals surface area contributed by atoms with E-state index in [1.807, 2.05) is 4.90 Å². The van der Waals surface area contributed by atoms with Crippen LogP contribution in [-0.4, -0.2) is 36.6 Å². The lowest BCUT2D eigenvalue weighted by Crippen LogP contribution is -2.32. The minimum atomic E-state index is 0.0162. The zero-order valence-electron chi connectivity index (χ0n) is 9.96. The van der Waals surface area contributed by atoms with Crippen LogP contribution in [0.2, 0.25) is 0 Å². The number of rotatable bonds is 4. The number of isocyanates is 1. The molecule has 0 unspecified atom stereocenters. The summed E-state index contributed by atoms with van der Waals surface area (Å²) in [5.41, 5.74) is 0.517. The minimum Gasteiger partial charge on any atom is -0.484 e. The Labute approximate surface area is 105 Å². The SMILES string of the molecule is O=C=Nc1ccc(OCC(=O)N2CCCC2)cc1. The number of carbonyl (C=O) groups is 1. The molecule has 2 rings (SSSR count). The molecule has 1 aromatic rings. The van der Waals surface area contributed by atoms with Crippen LogP contribution in [0, 0.1) is 0 Å². The van der Waals surface area contributed by atoms with Gasteiger partial charge in [-0.25, -0.2) is 4.79 Å². The molecule has 0 radical (unpaired) electrons. The Morgan fingerprint density at radius 2 is 1.94 bits per heavy atom. The second kappa shape index (κ2) is 5.98. The first-order valence-corrected chi connectivity index (χ1v) is 5.88. The van der Waals surface area contributed by atoms with Gasteiger partial charge in [-0.15, -0.1) is 0 Å². The van der Waals surface area contributed by atoms with Crippen LogP contribution in [0.15, 0.2) is 29.3 Å². The van der Waals surface area contributed by atoms with Crippen molar-refractivity contribution in [1.82, 2.24) is 4.90 Å². The van der Waals surface area contributed by atoms with E-state index in [1.54, 1.807) is 24.3 Å². The largest absolute Gasteiger partial charge is 0.484 e. The smallest absolute Gasteiger partial charge is 0.260 e. The Kier molecular flexibility index (Phi) is 4.10. The first-order chi connectivity index (χ1) is 8.79. The van der Waals surface area contributed by atoms with Gasteiger partial charge in [0.2, 0.25) is 6.08 Å². The highest BCUT2D eigenvalue weighted by Crippen LogP contribution is 2.17. The number of hydrogen-bond donors (Lipinski definition) is 0. The number of ether oxygens (including phenoxy) is 1. The molecule has 0 atom stereocenters. The molecule has 1 amide bonds. The Morgan fingerprint density at radius 1 is 1.28 bits per heavy atom. The molecule has 1 fully saturated rings. The summed E-state index contributed by atoms with van der Waals surface area (Å²) in [5.74, 6) is 0.606. The second-order valence-corrected chi connectivity index (χ2v) is 4.07. The Bertz CT molecular complexity index is 458. The van der Waals surface area contributed by atoms with Gasteiger partial charge in [-0.1, -0.05) is 0 Å². The lowest BCUT2D eigenvalue weighted by Gasteiger charge is -2.15. The van der Waals surface area contributed by atoms with Crippen LogP contribution in [0.4, 0.5) is 5.69 Å². The molecule has 1 aromatic carbocycles. The molecule has 5 nitrogen and oxygen atoms in total. The van der Waals surface area contributed by atoms with Gasteiger partial charge in [-0.3, -0.25) is 4.79 Å². The van der Waals surface area contributed by atoms with Gasteiger partial charge in [0.05, 0.1) is 5.69 Å². The fourth-order valence-electron chi connectivity index (χ4n) is 1.87. The summed E-state index contributed by atoms with van der Waals surface area (Å²) in [5, 5.41) is 0. The summed E-state index contributed by atoms with van der Waals surface area (Å²) in [6.45, 7) is 1.71.